The van der Waals surface area contributed by atoms with Crippen molar-refractivity contribution in [1.82, 2.24) is 9.78 Å². The number of rotatable bonds is 6. The van der Waals surface area contributed by atoms with E-state index in [0.717, 1.165) is 18.4 Å². The van der Waals surface area contributed by atoms with E-state index >= 15 is 0 Å². The molecule has 168 valence electrons. The first-order chi connectivity index (χ1) is 16.0. The molecule has 0 saturated carbocycles. The summed E-state index contributed by atoms with van der Waals surface area (Å²) in [7, 11) is 0. The lowest BCUT2D eigenvalue weighted by molar-refractivity contribution is 0.0680. The zero-order valence-corrected chi connectivity index (χ0v) is 18.1. The van der Waals surface area contributed by atoms with Crippen LogP contribution in [0.1, 0.15) is 29.7 Å². The predicted molar refractivity (Wildman–Crippen MR) is 123 cm³/mol. The second kappa shape index (κ2) is 10.1. The molecule has 1 aliphatic heterocycles. The van der Waals surface area contributed by atoms with Crippen molar-refractivity contribution in [3.05, 3.63) is 87.8 Å². The lowest BCUT2D eigenvalue weighted by Crippen LogP contribution is -2.36. The molecule has 0 unspecified atom stereocenters. The Hall–Kier alpha value is -3.96. The summed E-state index contributed by atoms with van der Waals surface area (Å²) in [6.45, 7) is 1.72. The van der Waals surface area contributed by atoms with Crippen molar-refractivity contribution in [2.24, 2.45) is 5.92 Å². The van der Waals surface area contributed by atoms with Crippen molar-refractivity contribution in [1.29, 1.82) is 5.26 Å². The second-order valence-corrected chi connectivity index (χ2v) is 8.03. The summed E-state index contributed by atoms with van der Waals surface area (Å²) in [5, 5.41) is 23.4. The number of amides is 1. The molecule has 8 heteroatoms. The van der Waals surface area contributed by atoms with Crippen LogP contribution in [0.5, 0.6) is 0 Å². The Labute approximate surface area is 191 Å². The minimum absolute atomic E-state index is 0.203. The molecule has 1 saturated heterocycles. The molecule has 8 nitrogen and oxygen atoms in total. The first kappa shape index (κ1) is 22.2. The van der Waals surface area contributed by atoms with Crippen LogP contribution < -0.4 is 10.3 Å². The highest BCUT2D eigenvalue weighted by molar-refractivity contribution is 5.86. The van der Waals surface area contributed by atoms with Crippen LogP contribution >= 0.6 is 0 Å². The fraction of sp³-hybridized carbons (Fsp3) is 0.280. The molecule has 2 heterocycles. The first-order valence-electron chi connectivity index (χ1n) is 10.8. The van der Waals surface area contributed by atoms with Crippen LogP contribution in [0.2, 0.25) is 0 Å². The summed E-state index contributed by atoms with van der Waals surface area (Å²) in [6.07, 6.45) is 2.50. The third-order valence-electron chi connectivity index (χ3n) is 5.73. The van der Waals surface area contributed by atoms with Gasteiger partial charge in [0.15, 0.2) is 0 Å². The van der Waals surface area contributed by atoms with Crippen LogP contribution in [-0.2, 0) is 11.2 Å². The molecule has 1 aliphatic rings. The number of anilines is 1. The maximum absolute atomic E-state index is 12.5. The average Bonchev–Trinajstić information content (AvgIpc) is 2.84. The number of ether oxygens (including phenoxy) is 1. The molecule has 0 bridgehead atoms. The van der Waals surface area contributed by atoms with E-state index in [0.29, 0.717) is 42.4 Å². The third-order valence-corrected chi connectivity index (χ3v) is 5.73. The summed E-state index contributed by atoms with van der Waals surface area (Å²) >= 11 is 0. The molecule has 3 aromatic rings. The second-order valence-electron chi connectivity index (χ2n) is 8.03. The van der Waals surface area contributed by atoms with E-state index in [1.807, 2.05) is 12.1 Å². The zero-order valence-electron chi connectivity index (χ0n) is 18.1. The Morgan fingerprint density at radius 2 is 1.97 bits per heavy atom. The maximum atomic E-state index is 12.5. The molecule has 1 amide bonds. The van der Waals surface area contributed by atoms with Crippen LogP contribution in [0.25, 0.3) is 5.69 Å². The predicted octanol–water partition coefficient (Wildman–Crippen LogP) is 3.61. The molecule has 1 fully saturated rings. The molecule has 1 aromatic heterocycles. The van der Waals surface area contributed by atoms with E-state index in [9.17, 15) is 14.7 Å². The number of hydrogen-bond donors (Lipinski definition) is 1. The summed E-state index contributed by atoms with van der Waals surface area (Å²) in [5.74, 6) is 0.255. The Balaban J connectivity index is 1.58. The van der Waals surface area contributed by atoms with E-state index < -0.39 is 6.09 Å². The fourth-order valence-corrected chi connectivity index (χ4v) is 3.94. The Bertz CT molecular complexity index is 1240. The summed E-state index contributed by atoms with van der Waals surface area (Å²) in [6, 6.07) is 17.7. The van der Waals surface area contributed by atoms with Crippen molar-refractivity contribution >= 4 is 11.8 Å². The van der Waals surface area contributed by atoms with E-state index in [4.69, 9.17) is 10.00 Å². The summed E-state index contributed by atoms with van der Waals surface area (Å²) < 4.78 is 6.94. The van der Waals surface area contributed by atoms with Gasteiger partial charge in [-0.05, 0) is 54.7 Å². The van der Waals surface area contributed by atoms with Gasteiger partial charge in [0.25, 0.3) is 0 Å². The molecule has 1 N–H and O–H groups in total. The molecule has 0 spiro atoms. The van der Waals surface area contributed by atoms with Crippen LogP contribution in [0.3, 0.4) is 0 Å². The average molecular weight is 444 g/mol. The van der Waals surface area contributed by atoms with E-state index in [2.05, 4.69) is 11.2 Å². The topological polar surface area (TPSA) is 108 Å². The monoisotopic (exact) mass is 444 g/mol. The molecule has 0 atom stereocenters. The summed E-state index contributed by atoms with van der Waals surface area (Å²) in [4.78, 5) is 25.8. The molecular formula is C25H24N4O4. The van der Waals surface area contributed by atoms with Crippen LogP contribution in [0, 0.1) is 17.2 Å². The number of aromatic nitrogens is 2. The highest BCUT2D eigenvalue weighted by Crippen LogP contribution is 2.23. The van der Waals surface area contributed by atoms with E-state index in [-0.39, 0.29) is 17.8 Å². The van der Waals surface area contributed by atoms with Gasteiger partial charge >= 0.3 is 6.09 Å². The van der Waals surface area contributed by atoms with Gasteiger partial charge in [0.1, 0.15) is 5.69 Å². The quantitative estimate of drug-likeness (QED) is 0.622. The molecule has 0 radical (unpaired) electrons. The van der Waals surface area contributed by atoms with Crippen LogP contribution in [0.4, 0.5) is 10.5 Å². The van der Waals surface area contributed by atoms with Crippen molar-refractivity contribution in [2.45, 2.75) is 19.3 Å². The maximum Gasteiger partial charge on any atom is 0.411 e. The van der Waals surface area contributed by atoms with E-state index in [1.54, 1.807) is 47.3 Å². The minimum atomic E-state index is -1.00. The van der Waals surface area contributed by atoms with Gasteiger partial charge in [0.05, 0.1) is 17.3 Å². The van der Waals surface area contributed by atoms with Gasteiger partial charge in [-0.2, -0.15) is 10.4 Å². The number of carbonyl (C=O) groups is 1. The van der Waals surface area contributed by atoms with Gasteiger partial charge in [0.2, 0.25) is 5.43 Å². The summed E-state index contributed by atoms with van der Waals surface area (Å²) in [5.41, 5.74) is 2.68. The Morgan fingerprint density at radius 3 is 2.73 bits per heavy atom. The minimum Gasteiger partial charge on any atom is -0.465 e. The number of benzene rings is 2. The molecular weight excluding hydrogens is 420 g/mol. The first-order valence-corrected chi connectivity index (χ1v) is 10.8. The highest BCUT2D eigenvalue weighted by Gasteiger charge is 2.22. The van der Waals surface area contributed by atoms with Gasteiger partial charge in [-0.25, -0.2) is 9.48 Å². The molecule has 2 aromatic carbocycles. The number of nitrogens with zero attached hydrogens (tertiary/aromatic N) is 4. The van der Waals surface area contributed by atoms with Crippen molar-refractivity contribution in [3.8, 4) is 11.8 Å². The van der Waals surface area contributed by atoms with Gasteiger partial charge in [-0.15, -0.1) is 0 Å². The number of nitriles is 1. The normalized spacial score (nSPS) is 13.9. The standard InChI is InChI=1S/C25H24N4O4/c26-16-20-4-2-6-22(14-20)29-10-7-24(30)23(27-29)15-19-3-1-5-21(13-19)28(25(31)32)17-18-8-11-33-12-9-18/h1-7,10,13-14,18H,8-9,11-12,15,17H2,(H,31,32). The molecule has 0 aliphatic carbocycles. The van der Waals surface area contributed by atoms with Crippen molar-refractivity contribution in [3.63, 3.8) is 0 Å². The lowest BCUT2D eigenvalue weighted by atomic mass is 9.99. The van der Waals surface area contributed by atoms with Crippen molar-refractivity contribution < 1.29 is 14.6 Å². The highest BCUT2D eigenvalue weighted by atomic mass is 16.5. The fourth-order valence-electron chi connectivity index (χ4n) is 3.94. The largest absolute Gasteiger partial charge is 0.465 e. The smallest absolute Gasteiger partial charge is 0.411 e. The Morgan fingerprint density at radius 1 is 1.18 bits per heavy atom. The number of hydrogen-bond acceptors (Lipinski definition) is 5. The van der Waals surface area contributed by atoms with Crippen molar-refractivity contribution in [2.75, 3.05) is 24.7 Å². The SMILES string of the molecule is N#Cc1cccc(-n2ccc(=O)c(Cc3cccc(N(CC4CCOCC4)C(=O)O)c3)n2)c1. The Kier molecular flexibility index (Phi) is 6.81. The molecule has 4 rings (SSSR count). The van der Waals surface area contributed by atoms with Gasteiger partial charge in [-0.3, -0.25) is 9.69 Å². The van der Waals surface area contributed by atoms with Crippen LogP contribution in [-0.4, -0.2) is 40.7 Å². The zero-order chi connectivity index (χ0) is 23.2. The van der Waals surface area contributed by atoms with Gasteiger partial charge in [-0.1, -0.05) is 18.2 Å². The van der Waals surface area contributed by atoms with E-state index in [1.165, 1.54) is 11.0 Å². The molecule has 33 heavy (non-hydrogen) atoms. The third kappa shape index (κ3) is 5.45. The van der Waals surface area contributed by atoms with Crippen LogP contribution in [0.15, 0.2) is 65.6 Å². The lowest BCUT2D eigenvalue weighted by Gasteiger charge is -2.28. The van der Waals surface area contributed by atoms with Gasteiger partial charge in [0, 0.05) is 44.1 Å². The number of carboxylic acid groups (broad SMARTS) is 1. The van der Waals surface area contributed by atoms with Gasteiger partial charge < -0.3 is 9.84 Å².